The summed E-state index contributed by atoms with van der Waals surface area (Å²) in [6, 6.07) is 8.48. The number of aromatic nitrogens is 2. The van der Waals surface area contributed by atoms with Gasteiger partial charge in [-0.3, -0.25) is 9.36 Å². The molecule has 0 radical (unpaired) electrons. The van der Waals surface area contributed by atoms with Gasteiger partial charge in [0.1, 0.15) is 0 Å². The highest BCUT2D eigenvalue weighted by Gasteiger charge is 2.09. The lowest BCUT2D eigenvalue weighted by Gasteiger charge is -2.10. The molecule has 2 rings (SSSR count). The molecule has 0 atom stereocenters. The zero-order valence-electron chi connectivity index (χ0n) is 14.2. The second-order valence-corrected chi connectivity index (χ2v) is 7.26. The molecule has 0 aliphatic rings. The van der Waals surface area contributed by atoms with E-state index in [2.05, 4.69) is 62.3 Å². The van der Waals surface area contributed by atoms with Crippen molar-refractivity contribution in [1.82, 2.24) is 14.9 Å². The minimum atomic E-state index is 0.0494. The average Bonchev–Trinajstić information content (AvgIpc) is 2.99. The van der Waals surface area contributed by atoms with Crippen LogP contribution < -0.4 is 5.32 Å². The molecule has 1 heterocycles. The summed E-state index contributed by atoms with van der Waals surface area (Å²) < 4.78 is 2.02. The van der Waals surface area contributed by atoms with E-state index < -0.39 is 0 Å². The lowest BCUT2D eigenvalue weighted by atomic mass is 10.0. The quantitative estimate of drug-likeness (QED) is 0.784. The molecule has 0 spiro atoms. The van der Waals surface area contributed by atoms with Crippen LogP contribution in [0.1, 0.15) is 39.2 Å². The number of nitrogens with one attached hydrogen (secondary N) is 1. The van der Waals surface area contributed by atoms with Gasteiger partial charge in [-0.1, -0.05) is 51.6 Å². The summed E-state index contributed by atoms with van der Waals surface area (Å²) >= 11 is 1.46. The smallest absolute Gasteiger partial charge is 0.230 e. The van der Waals surface area contributed by atoms with Crippen molar-refractivity contribution in [2.24, 2.45) is 5.92 Å². The number of benzene rings is 1. The van der Waals surface area contributed by atoms with Crippen LogP contribution in [0.25, 0.3) is 5.69 Å². The molecule has 1 amide bonds. The van der Waals surface area contributed by atoms with Crippen LogP contribution in [0.3, 0.4) is 0 Å². The molecule has 124 valence electrons. The number of amides is 1. The molecule has 0 saturated carbocycles. The number of nitrogens with zero attached hydrogens (tertiary/aromatic N) is 2. The molecule has 0 aliphatic heterocycles. The molecule has 1 aromatic carbocycles. The molecule has 1 N–H and O–H groups in total. The Morgan fingerprint density at radius 2 is 1.91 bits per heavy atom. The third-order valence-electron chi connectivity index (χ3n) is 3.48. The van der Waals surface area contributed by atoms with Crippen LogP contribution in [0.2, 0.25) is 0 Å². The second kappa shape index (κ2) is 8.20. The van der Waals surface area contributed by atoms with Crippen LogP contribution in [-0.2, 0) is 4.79 Å². The Labute approximate surface area is 142 Å². The van der Waals surface area contributed by atoms with Gasteiger partial charge in [0, 0.05) is 24.6 Å². The monoisotopic (exact) mass is 331 g/mol. The maximum Gasteiger partial charge on any atom is 0.230 e. The van der Waals surface area contributed by atoms with Crippen LogP contribution >= 0.6 is 11.8 Å². The summed E-state index contributed by atoms with van der Waals surface area (Å²) in [4.78, 5) is 16.2. The SMILES string of the molecule is CC(C)CNC(=O)CSc1nccn1-c1ccc(C(C)C)cc1. The Hall–Kier alpha value is -1.75. The van der Waals surface area contributed by atoms with Gasteiger partial charge in [-0.05, 0) is 29.5 Å². The Kier molecular flexibility index (Phi) is 6.28. The molecular weight excluding hydrogens is 306 g/mol. The van der Waals surface area contributed by atoms with Crippen molar-refractivity contribution < 1.29 is 4.79 Å². The van der Waals surface area contributed by atoms with E-state index in [1.54, 1.807) is 6.20 Å². The normalized spacial score (nSPS) is 11.2. The molecule has 23 heavy (non-hydrogen) atoms. The van der Waals surface area contributed by atoms with Crippen molar-refractivity contribution in [2.45, 2.75) is 38.8 Å². The van der Waals surface area contributed by atoms with E-state index in [4.69, 9.17) is 0 Å². The molecule has 5 heteroatoms. The van der Waals surface area contributed by atoms with E-state index in [0.29, 0.717) is 24.1 Å². The Bertz CT molecular complexity index is 632. The highest BCUT2D eigenvalue weighted by molar-refractivity contribution is 7.99. The number of imidazole rings is 1. The summed E-state index contributed by atoms with van der Waals surface area (Å²) in [5, 5.41) is 3.76. The summed E-state index contributed by atoms with van der Waals surface area (Å²) in [5.74, 6) is 1.41. The van der Waals surface area contributed by atoms with Crippen molar-refractivity contribution in [3.05, 3.63) is 42.2 Å². The molecule has 0 unspecified atom stereocenters. The number of thioether (sulfide) groups is 1. The lowest BCUT2D eigenvalue weighted by Crippen LogP contribution is -2.28. The highest BCUT2D eigenvalue weighted by atomic mass is 32.2. The first-order valence-electron chi connectivity index (χ1n) is 8.00. The fourth-order valence-electron chi connectivity index (χ4n) is 2.11. The van der Waals surface area contributed by atoms with Crippen LogP contribution in [0.5, 0.6) is 0 Å². The summed E-state index contributed by atoms with van der Waals surface area (Å²) in [7, 11) is 0. The maximum atomic E-state index is 11.8. The fourth-order valence-corrected chi connectivity index (χ4v) is 2.91. The minimum absolute atomic E-state index is 0.0494. The first-order valence-corrected chi connectivity index (χ1v) is 8.99. The second-order valence-electron chi connectivity index (χ2n) is 6.31. The molecule has 0 aliphatic carbocycles. The standard InChI is InChI=1S/C18H25N3OS/c1-13(2)11-20-17(22)12-23-18-19-9-10-21(18)16-7-5-15(6-8-16)14(3)4/h5-10,13-14H,11-12H2,1-4H3,(H,20,22). The van der Waals surface area contributed by atoms with Crippen molar-refractivity contribution in [3.63, 3.8) is 0 Å². The van der Waals surface area contributed by atoms with Gasteiger partial charge in [0.2, 0.25) is 5.91 Å². The van der Waals surface area contributed by atoms with Gasteiger partial charge < -0.3 is 5.32 Å². The van der Waals surface area contributed by atoms with E-state index in [-0.39, 0.29) is 5.91 Å². The zero-order valence-corrected chi connectivity index (χ0v) is 15.1. The number of hydrogen-bond donors (Lipinski definition) is 1. The van der Waals surface area contributed by atoms with Gasteiger partial charge >= 0.3 is 0 Å². The largest absolute Gasteiger partial charge is 0.355 e. The minimum Gasteiger partial charge on any atom is -0.355 e. The molecule has 0 bridgehead atoms. The van der Waals surface area contributed by atoms with Gasteiger partial charge in [-0.2, -0.15) is 0 Å². The van der Waals surface area contributed by atoms with Crippen LogP contribution in [0.15, 0.2) is 41.8 Å². The number of rotatable bonds is 7. The lowest BCUT2D eigenvalue weighted by molar-refractivity contribution is -0.118. The number of hydrogen-bond acceptors (Lipinski definition) is 3. The molecule has 0 saturated heterocycles. The summed E-state index contributed by atoms with van der Waals surface area (Å²) in [6.45, 7) is 9.25. The van der Waals surface area contributed by atoms with Crippen LogP contribution in [0, 0.1) is 5.92 Å². The zero-order chi connectivity index (χ0) is 16.8. The topological polar surface area (TPSA) is 46.9 Å². The number of carbonyl (C=O) groups excluding carboxylic acids is 1. The third-order valence-corrected chi connectivity index (χ3v) is 4.45. The van der Waals surface area contributed by atoms with Gasteiger partial charge in [-0.15, -0.1) is 0 Å². The van der Waals surface area contributed by atoms with Gasteiger partial charge in [-0.25, -0.2) is 4.98 Å². The Morgan fingerprint density at radius 1 is 1.22 bits per heavy atom. The van der Waals surface area contributed by atoms with Crippen molar-refractivity contribution >= 4 is 17.7 Å². The van der Waals surface area contributed by atoms with Crippen molar-refractivity contribution in [3.8, 4) is 5.69 Å². The molecule has 1 aromatic heterocycles. The summed E-state index contributed by atoms with van der Waals surface area (Å²) in [6.07, 6.45) is 3.70. The van der Waals surface area contributed by atoms with Crippen molar-refractivity contribution in [2.75, 3.05) is 12.3 Å². The predicted molar refractivity (Wildman–Crippen MR) is 96.2 cm³/mol. The molecular formula is C18H25N3OS. The van der Waals surface area contributed by atoms with E-state index in [1.807, 2.05) is 10.8 Å². The molecule has 0 fully saturated rings. The van der Waals surface area contributed by atoms with Gasteiger partial charge in [0.15, 0.2) is 5.16 Å². The van der Waals surface area contributed by atoms with E-state index in [1.165, 1.54) is 17.3 Å². The van der Waals surface area contributed by atoms with Crippen molar-refractivity contribution in [1.29, 1.82) is 0 Å². The first kappa shape index (κ1) is 17.6. The summed E-state index contributed by atoms with van der Waals surface area (Å²) in [5.41, 5.74) is 2.38. The maximum absolute atomic E-state index is 11.8. The van der Waals surface area contributed by atoms with Gasteiger partial charge in [0.25, 0.3) is 0 Å². The fraction of sp³-hybridized carbons (Fsp3) is 0.444. The van der Waals surface area contributed by atoms with Crippen LogP contribution in [-0.4, -0.2) is 27.8 Å². The van der Waals surface area contributed by atoms with E-state index in [0.717, 1.165) is 10.8 Å². The molecule has 4 nitrogen and oxygen atoms in total. The Morgan fingerprint density at radius 3 is 2.52 bits per heavy atom. The third kappa shape index (κ3) is 5.13. The number of carbonyl (C=O) groups is 1. The predicted octanol–water partition coefficient (Wildman–Crippen LogP) is 3.86. The van der Waals surface area contributed by atoms with E-state index in [9.17, 15) is 4.79 Å². The Balaban J connectivity index is 2.00. The average molecular weight is 331 g/mol. The highest BCUT2D eigenvalue weighted by Crippen LogP contribution is 2.22. The molecule has 2 aromatic rings. The van der Waals surface area contributed by atoms with E-state index >= 15 is 0 Å². The van der Waals surface area contributed by atoms with Crippen LogP contribution in [0.4, 0.5) is 0 Å². The first-order chi connectivity index (χ1) is 11.0. The van der Waals surface area contributed by atoms with Gasteiger partial charge in [0.05, 0.1) is 5.75 Å².